The second kappa shape index (κ2) is 7.14. The quantitative estimate of drug-likeness (QED) is 0.454. The van der Waals surface area contributed by atoms with E-state index in [-0.39, 0.29) is 6.61 Å². The van der Waals surface area contributed by atoms with E-state index in [1.807, 2.05) is 0 Å². The maximum atomic E-state index is 8.88. The molecule has 1 fully saturated rings. The van der Waals surface area contributed by atoms with Crippen LogP contribution in [0, 0.1) is 0 Å². The van der Waals surface area contributed by atoms with Crippen molar-refractivity contribution in [2.45, 2.75) is 51.3 Å². The van der Waals surface area contributed by atoms with Gasteiger partial charge in [0.15, 0.2) is 6.29 Å². The molecule has 1 aliphatic heterocycles. The molecule has 0 saturated carbocycles. The molecular weight excluding hydrogens is 188 g/mol. The van der Waals surface area contributed by atoms with Crippen molar-refractivity contribution < 1.29 is 25.2 Å². The van der Waals surface area contributed by atoms with Gasteiger partial charge in [0.05, 0.1) is 6.61 Å². The maximum absolute atomic E-state index is 8.88. The van der Waals surface area contributed by atoms with Crippen LogP contribution in [-0.4, -0.2) is 51.6 Å². The molecule has 0 aliphatic carbocycles. The summed E-state index contributed by atoms with van der Waals surface area (Å²) in [6.07, 6.45) is -2.59. The van der Waals surface area contributed by atoms with Gasteiger partial charge in [-0.05, 0) is 0 Å². The molecule has 1 saturated heterocycles. The van der Waals surface area contributed by atoms with Gasteiger partial charge in [0.25, 0.3) is 0 Å². The minimum Gasteiger partial charge on any atom is -0.388 e. The number of rotatable bonds is 1. The van der Waals surface area contributed by atoms with Gasteiger partial charge in [0.1, 0.15) is 18.3 Å². The minimum absolute atomic E-state index is 0.153. The van der Waals surface area contributed by atoms with Gasteiger partial charge in [0.2, 0.25) is 0 Å². The fourth-order valence-corrected chi connectivity index (χ4v) is 0.791. The van der Waals surface area contributed by atoms with E-state index in [2.05, 4.69) is 18.6 Å². The lowest BCUT2D eigenvalue weighted by Crippen LogP contribution is -2.52. The first-order chi connectivity index (χ1) is 6.54. The SMILES string of the molecule is CCCC.OC1OC[C@@H](O)[C@H](O)[C@H]1O. The summed E-state index contributed by atoms with van der Waals surface area (Å²) in [6, 6.07) is 0. The van der Waals surface area contributed by atoms with E-state index in [4.69, 9.17) is 20.4 Å². The second-order valence-corrected chi connectivity index (χ2v) is 3.27. The van der Waals surface area contributed by atoms with Gasteiger partial charge >= 0.3 is 0 Å². The van der Waals surface area contributed by atoms with Crippen LogP contribution in [0.1, 0.15) is 26.7 Å². The van der Waals surface area contributed by atoms with Gasteiger partial charge in [-0.1, -0.05) is 26.7 Å². The van der Waals surface area contributed by atoms with Crippen molar-refractivity contribution in [1.82, 2.24) is 0 Å². The first-order valence-electron chi connectivity index (χ1n) is 4.88. The Kier molecular flexibility index (Phi) is 7.04. The molecule has 14 heavy (non-hydrogen) atoms. The van der Waals surface area contributed by atoms with E-state index in [9.17, 15) is 0 Å². The standard InChI is InChI=1S/C5H10O5.C4H10/c6-2-1-10-5(9)4(8)3(2)7;1-3-4-2/h2-9H,1H2;3-4H2,1-2H3/t2-,3+,4-,5?;/m1./s1. The number of unbranched alkanes of at least 4 members (excludes halogenated alkanes) is 1. The summed E-state index contributed by atoms with van der Waals surface area (Å²) >= 11 is 0. The summed E-state index contributed by atoms with van der Waals surface area (Å²) in [4.78, 5) is 0. The molecule has 0 aromatic rings. The number of ether oxygens (including phenoxy) is 1. The maximum Gasteiger partial charge on any atom is 0.183 e. The van der Waals surface area contributed by atoms with E-state index in [1.165, 1.54) is 12.8 Å². The molecule has 0 bridgehead atoms. The molecule has 5 nitrogen and oxygen atoms in total. The monoisotopic (exact) mass is 208 g/mol. The Morgan fingerprint density at radius 1 is 1.00 bits per heavy atom. The van der Waals surface area contributed by atoms with Gasteiger partial charge in [0, 0.05) is 0 Å². The van der Waals surface area contributed by atoms with E-state index in [1.54, 1.807) is 0 Å². The van der Waals surface area contributed by atoms with Crippen LogP contribution in [0.2, 0.25) is 0 Å². The van der Waals surface area contributed by atoms with Crippen LogP contribution in [0.3, 0.4) is 0 Å². The van der Waals surface area contributed by atoms with E-state index in [0.717, 1.165) is 0 Å². The van der Waals surface area contributed by atoms with E-state index >= 15 is 0 Å². The Hall–Kier alpha value is -0.200. The molecule has 0 radical (unpaired) electrons. The topological polar surface area (TPSA) is 90.2 Å². The summed E-state index contributed by atoms with van der Waals surface area (Å²) in [5, 5.41) is 35.3. The Morgan fingerprint density at radius 3 is 1.86 bits per heavy atom. The number of hydrogen-bond acceptors (Lipinski definition) is 5. The molecule has 5 heteroatoms. The van der Waals surface area contributed by atoms with Crippen molar-refractivity contribution in [3.05, 3.63) is 0 Å². The first kappa shape index (κ1) is 13.8. The largest absolute Gasteiger partial charge is 0.388 e. The highest BCUT2D eigenvalue weighted by Gasteiger charge is 2.36. The highest BCUT2D eigenvalue weighted by molar-refractivity contribution is 4.81. The van der Waals surface area contributed by atoms with Gasteiger partial charge in [-0.25, -0.2) is 0 Å². The summed E-state index contributed by atoms with van der Waals surface area (Å²) in [7, 11) is 0. The molecule has 1 unspecified atom stereocenters. The Labute approximate surface area is 83.9 Å². The van der Waals surface area contributed by atoms with Crippen LogP contribution in [-0.2, 0) is 4.74 Å². The van der Waals surface area contributed by atoms with Crippen molar-refractivity contribution in [2.75, 3.05) is 6.61 Å². The van der Waals surface area contributed by atoms with Crippen molar-refractivity contribution in [3.8, 4) is 0 Å². The Morgan fingerprint density at radius 2 is 1.50 bits per heavy atom. The lowest BCUT2D eigenvalue weighted by Gasteiger charge is -2.31. The Bertz CT molecular complexity index is 125. The zero-order valence-corrected chi connectivity index (χ0v) is 8.63. The van der Waals surface area contributed by atoms with Crippen LogP contribution in [0.15, 0.2) is 0 Å². The lowest BCUT2D eigenvalue weighted by molar-refractivity contribution is -0.252. The second-order valence-electron chi connectivity index (χ2n) is 3.27. The predicted octanol–water partition coefficient (Wildman–Crippen LogP) is -0.776. The molecule has 4 atom stereocenters. The smallest absolute Gasteiger partial charge is 0.183 e. The predicted molar refractivity (Wildman–Crippen MR) is 50.6 cm³/mol. The normalized spacial score (nSPS) is 37.3. The third kappa shape index (κ3) is 4.34. The Balaban J connectivity index is 0.000000364. The highest BCUT2D eigenvalue weighted by Crippen LogP contribution is 2.12. The number of hydrogen-bond donors (Lipinski definition) is 4. The summed E-state index contributed by atoms with van der Waals surface area (Å²) in [5.41, 5.74) is 0. The third-order valence-corrected chi connectivity index (χ3v) is 1.97. The van der Waals surface area contributed by atoms with Crippen molar-refractivity contribution in [1.29, 1.82) is 0 Å². The molecular formula is C9H20O5. The van der Waals surface area contributed by atoms with Crippen LogP contribution in [0.4, 0.5) is 0 Å². The van der Waals surface area contributed by atoms with Gasteiger partial charge in [-0.3, -0.25) is 0 Å². The van der Waals surface area contributed by atoms with Crippen LogP contribution in [0.25, 0.3) is 0 Å². The van der Waals surface area contributed by atoms with Crippen molar-refractivity contribution in [3.63, 3.8) is 0 Å². The molecule has 86 valence electrons. The first-order valence-corrected chi connectivity index (χ1v) is 4.88. The zero-order chi connectivity index (χ0) is 11.1. The van der Waals surface area contributed by atoms with Gasteiger partial charge in [-0.15, -0.1) is 0 Å². The number of aliphatic hydroxyl groups is 4. The molecule has 0 aromatic carbocycles. The van der Waals surface area contributed by atoms with Gasteiger partial charge < -0.3 is 25.2 Å². The highest BCUT2D eigenvalue weighted by atomic mass is 16.6. The zero-order valence-electron chi connectivity index (χ0n) is 8.63. The summed E-state index contributed by atoms with van der Waals surface area (Å²) < 4.78 is 4.47. The van der Waals surface area contributed by atoms with Crippen molar-refractivity contribution in [2.24, 2.45) is 0 Å². The van der Waals surface area contributed by atoms with Crippen LogP contribution in [0.5, 0.6) is 0 Å². The molecule has 0 spiro atoms. The minimum atomic E-state index is -1.41. The fraction of sp³-hybridized carbons (Fsp3) is 1.00. The van der Waals surface area contributed by atoms with Crippen LogP contribution >= 0.6 is 0 Å². The molecule has 0 amide bonds. The molecule has 1 heterocycles. The van der Waals surface area contributed by atoms with E-state index in [0.29, 0.717) is 0 Å². The van der Waals surface area contributed by atoms with Crippen LogP contribution < -0.4 is 0 Å². The molecule has 0 aromatic heterocycles. The fourth-order valence-electron chi connectivity index (χ4n) is 0.791. The average molecular weight is 208 g/mol. The van der Waals surface area contributed by atoms with E-state index < -0.39 is 24.6 Å². The summed E-state index contributed by atoms with van der Waals surface area (Å²) in [5.74, 6) is 0. The lowest BCUT2D eigenvalue weighted by atomic mass is 10.1. The number of aliphatic hydroxyl groups excluding tert-OH is 4. The average Bonchev–Trinajstić information content (AvgIpc) is 2.21. The molecule has 1 rings (SSSR count). The van der Waals surface area contributed by atoms with Gasteiger partial charge in [-0.2, -0.15) is 0 Å². The third-order valence-electron chi connectivity index (χ3n) is 1.97. The molecule has 1 aliphatic rings. The molecule has 4 N–H and O–H groups in total. The van der Waals surface area contributed by atoms with Crippen molar-refractivity contribution >= 4 is 0 Å². The summed E-state index contributed by atoms with van der Waals surface area (Å²) in [6.45, 7) is 4.21.